The van der Waals surface area contributed by atoms with Gasteiger partial charge in [-0.3, -0.25) is 0 Å². The summed E-state index contributed by atoms with van der Waals surface area (Å²) in [5.74, 6) is -3.71. The summed E-state index contributed by atoms with van der Waals surface area (Å²) in [6, 6.07) is 6.75. The molecule has 0 aliphatic carbocycles. The van der Waals surface area contributed by atoms with Crippen LogP contribution in [0.3, 0.4) is 0 Å². The van der Waals surface area contributed by atoms with Crippen molar-refractivity contribution < 1.29 is 17.9 Å². The van der Waals surface area contributed by atoms with Crippen LogP contribution in [0, 0.1) is 17.5 Å². The van der Waals surface area contributed by atoms with Crippen LogP contribution in [0.1, 0.15) is 13.8 Å². The Morgan fingerprint density at radius 1 is 1.00 bits per heavy atom. The van der Waals surface area contributed by atoms with Crippen LogP contribution in [0.15, 0.2) is 30.3 Å². The number of halogens is 3. The number of nitrogens with two attached hydrogens (primary N) is 1. The van der Waals surface area contributed by atoms with Crippen molar-refractivity contribution in [2.24, 2.45) is 0 Å². The zero-order chi connectivity index (χ0) is 17.4. The van der Waals surface area contributed by atoms with E-state index < -0.39 is 17.5 Å². The molecule has 0 aliphatic heterocycles. The predicted octanol–water partition coefficient (Wildman–Crippen LogP) is 4.08. The second-order valence-electron chi connectivity index (χ2n) is 5.51. The van der Waals surface area contributed by atoms with Gasteiger partial charge in [-0.1, -0.05) is 6.07 Å². The molecule has 7 heteroatoms. The Bertz CT molecular complexity index is 929. The molecule has 24 heavy (non-hydrogen) atoms. The van der Waals surface area contributed by atoms with E-state index in [1.165, 1.54) is 6.07 Å². The first-order chi connectivity index (χ1) is 11.4. The fourth-order valence-electron chi connectivity index (χ4n) is 2.35. The van der Waals surface area contributed by atoms with Crippen LogP contribution < -0.4 is 10.5 Å². The average molecular weight is 333 g/mol. The first kappa shape index (κ1) is 16.0. The summed E-state index contributed by atoms with van der Waals surface area (Å²) >= 11 is 0. The topological polar surface area (TPSA) is 61.0 Å². The van der Waals surface area contributed by atoms with E-state index in [4.69, 9.17) is 10.5 Å². The molecule has 4 nitrogen and oxygen atoms in total. The van der Waals surface area contributed by atoms with Gasteiger partial charge < -0.3 is 10.5 Å². The molecule has 0 bridgehead atoms. The summed E-state index contributed by atoms with van der Waals surface area (Å²) in [4.78, 5) is 8.14. The molecule has 1 heterocycles. The average Bonchev–Trinajstić information content (AvgIpc) is 2.52. The highest BCUT2D eigenvalue weighted by Crippen LogP contribution is 2.32. The van der Waals surface area contributed by atoms with Gasteiger partial charge in [-0.25, -0.2) is 18.2 Å². The maximum Gasteiger partial charge on any atom is 0.226 e. The minimum atomic E-state index is -1.51. The summed E-state index contributed by atoms with van der Waals surface area (Å²) in [5, 5.41) is 0.500. The van der Waals surface area contributed by atoms with Gasteiger partial charge in [-0.05, 0) is 43.7 Å². The monoisotopic (exact) mass is 333 g/mol. The number of benzene rings is 2. The molecular formula is C17H14F3N3O. The lowest BCUT2D eigenvalue weighted by Gasteiger charge is -2.13. The lowest BCUT2D eigenvalue weighted by Crippen LogP contribution is -2.09. The second-order valence-corrected chi connectivity index (χ2v) is 5.51. The van der Waals surface area contributed by atoms with Gasteiger partial charge >= 0.3 is 0 Å². The third-order valence-electron chi connectivity index (χ3n) is 3.37. The van der Waals surface area contributed by atoms with Crippen molar-refractivity contribution in [3.05, 3.63) is 47.8 Å². The van der Waals surface area contributed by atoms with Crippen molar-refractivity contribution in [2.45, 2.75) is 20.0 Å². The third-order valence-corrected chi connectivity index (χ3v) is 3.37. The highest BCUT2D eigenvalue weighted by molar-refractivity contribution is 5.89. The fraction of sp³-hybridized carbons (Fsp3) is 0.176. The maximum atomic E-state index is 14.0. The summed E-state index contributed by atoms with van der Waals surface area (Å²) in [6.07, 6.45) is -0.161. The number of nitrogen functional groups attached to an aromatic ring is 1. The van der Waals surface area contributed by atoms with E-state index in [0.29, 0.717) is 16.5 Å². The van der Waals surface area contributed by atoms with Crippen molar-refractivity contribution >= 4 is 16.9 Å². The third kappa shape index (κ3) is 2.84. The van der Waals surface area contributed by atoms with E-state index in [2.05, 4.69) is 9.97 Å². The van der Waals surface area contributed by atoms with Crippen LogP contribution in [0.4, 0.5) is 19.1 Å². The van der Waals surface area contributed by atoms with Crippen molar-refractivity contribution in [2.75, 3.05) is 5.73 Å². The Morgan fingerprint density at radius 2 is 1.75 bits per heavy atom. The normalized spacial score (nSPS) is 11.2. The van der Waals surface area contributed by atoms with Crippen LogP contribution in [0.5, 0.6) is 5.88 Å². The van der Waals surface area contributed by atoms with E-state index in [9.17, 15) is 13.2 Å². The molecule has 3 aromatic rings. The van der Waals surface area contributed by atoms with Crippen molar-refractivity contribution in [3.63, 3.8) is 0 Å². The Morgan fingerprint density at radius 3 is 2.46 bits per heavy atom. The van der Waals surface area contributed by atoms with Crippen LogP contribution in [0.2, 0.25) is 0 Å². The van der Waals surface area contributed by atoms with E-state index in [1.807, 2.05) is 13.8 Å². The smallest absolute Gasteiger partial charge is 0.226 e. The van der Waals surface area contributed by atoms with E-state index in [1.54, 1.807) is 18.2 Å². The molecular weight excluding hydrogens is 319 g/mol. The standard InChI is InChI=1S/C17H14F3N3O/c1-8(2)24-16-11-7-9(3-6-13(11)22-17(21)23-16)10-4-5-12(18)15(20)14(10)19/h3-8H,1-2H3,(H2,21,22,23). The largest absolute Gasteiger partial charge is 0.474 e. The quantitative estimate of drug-likeness (QED) is 0.734. The highest BCUT2D eigenvalue weighted by atomic mass is 19.2. The molecule has 0 saturated carbocycles. The highest BCUT2D eigenvalue weighted by Gasteiger charge is 2.16. The van der Waals surface area contributed by atoms with Gasteiger partial charge in [0.1, 0.15) is 0 Å². The molecule has 2 aromatic carbocycles. The molecule has 0 unspecified atom stereocenters. The Hall–Kier alpha value is -2.83. The van der Waals surface area contributed by atoms with Gasteiger partial charge in [0.05, 0.1) is 17.0 Å². The summed E-state index contributed by atoms with van der Waals surface area (Å²) in [6.45, 7) is 3.64. The number of hydrogen-bond donors (Lipinski definition) is 1. The molecule has 0 amide bonds. The minimum absolute atomic E-state index is 0.0462. The zero-order valence-electron chi connectivity index (χ0n) is 13.0. The van der Waals surface area contributed by atoms with E-state index in [0.717, 1.165) is 6.07 Å². The van der Waals surface area contributed by atoms with Crippen LogP contribution in [0.25, 0.3) is 22.0 Å². The van der Waals surface area contributed by atoms with Gasteiger partial charge in [0.25, 0.3) is 0 Å². The number of ether oxygens (including phenoxy) is 1. The molecule has 0 radical (unpaired) electrons. The Kier molecular flexibility index (Phi) is 4.01. The molecule has 1 aromatic heterocycles. The molecule has 2 N–H and O–H groups in total. The van der Waals surface area contributed by atoms with Gasteiger partial charge in [0, 0.05) is 5.56 Å². The van der Waals surface area contributed by atoms with E-state index in [-0.39, 0.29) is 23.5 Å². The number of aromatic nitrogens is 2. The van der Waals surface area contributed by atoms with Crippen LogP contribution >= 0.6 is 0 Å². The molecule has 124 valence electrons. The number of nitrogens with zero attached hydrogens (tertiary/aromatic N) is 2. The predicted molar refractivity (Wildman–Crippen MR) is 85.0 cm³/mol. The molecule has 0 saturated heterocycles. The van der Waals surface area contributed by atoms with Crippen LogP contribution in [-0.2, 0) is 0 Å². The number of fused-ring (bicyclic) bond motifs is 1. The molecule has 0 aliphatic rings. The van der Waals surface area contributed by atoms with Crippen LogP contribution in [-0.4, -0.2) is 16.1 Å². The second kappa shape index (κ2) is 5.99. The summed E-state index contributed by atoms with van der Waals surface area (Å²) in [5.41, 5.74) is 6.44. The molecule has 0 fully saturated rings. The van der Waals surface area contributed by atoms with Gasteiger partial charge in [-0.15, -0.1) is 0 Å². The summed E-state index contributed by atoms with van der Waals surface area (Å²) < 4.78 is 46.2. The lowest BCUT2D eigenvalue weighted by atomic mass is 10.0. The maximum absolute atomic E-state index is 14.0. The molecule has 0 atom stereocenters. The lowest BCUT2D eigenvalue weighted by molar-refractivity contribution is 0.236. The minimum Gasteiger partial charge on any atom is -0.474 e. The first-order valence-corrected chi connectivity index (χ1v) is 7.24. The first-order valence-electron chi connectivity index (χ1n) is 7.24. The Labute approximate surface area is 136 Å². The summed E-state index contributed by atoms with van der Waals surface area (Å²) in [7, 11) is 0. The van der Waals surface area contributed by atoms with Gasteiger partial charge in [-0.2, -0.15) is 4.98 Å². The molecule has 3 rings (SSSR count). The Balaban J connectivity index is 2.21. The SMILES string of the molecule is CC(C)Oc1nc(N)nc2ccc(-c3ccc(F)c(F)c3F)cc12. The van der Waals surface area contributed by atoms with Gasteiger partial charge in [0.2, 0.25) is 11.8 Å². The van der Waals surface area contributed by atoms with Crippen molar-refractivity contribution in [1.82, 2.24) is 9.97 Å². The van der Waals surface area contributed by atoms with E-state index >= 15 is 0 Å². The fourth-order valence-corrected chi connectivity index (χ4v) is 2.35. The zero-order valence-corrected chi connectivity index (χ0v) is 13.0. The van der Waals surface area contributed by atoms with Gasteiger partial charge in [0.15, 0.2) is 17.5 Å². The van der Waals surface area contributed by atoms with Crippen molar-refractivity contribution in [3.8, 4) is 17.0 Å². The number of anilines is 1. The van der Waals surface area contributed by atoms with Crippen molar-refractivity contribution in [1.29, 1.82) is 0 Å². The number of hydrogen-bond acceptors (Lipinski definition) is 4. The number of rotatable bonds is 3. The molecule has 0 spiro atoms.